The molecule has 1 fully saturated rings. The van der Waals surface area contributed by atoms with Gasteiger partial charge in [0.05, 0.1) is 5.92 Å². The Hall–Kier alpha value is -3.74. The van der Waals surface area contributed by atoms with Gasteiger partial charge in [-0.05, 0) is 68.8 Å². The maximum absolute atomic E-state index is 12.8. The van der Waals surface area contributed by atoms with Crippen LogP contribution in [0.4, 0.5) is 23.0 Å². The van der Waals surface area contributed by atoms with Gasteiger partial charge in [0.15, 0.2) is 0 Å². The molecule has 0 bridgehead atoms. The first-order valence-corrected chi connectivity index (χ1v) is 10.6. The van der Waals surface area contributed by atoms with Crippen LogP contribution in [-0.2, 0) is 9.59 Å². The van der Waals surface area contributed by atoms with Crippen LogP contribution >= 0.6 is 0 Å². The molecule has 32 heavy (non-hydrogen) atoms. The van der Waals surface area contributed by atoms with Crippen LogP contribution in [0.3, 0.4) is 0 Å². The van der Waals surface area contributed by atoms with Gasteiger partial charge in [-0.25, -0.2) is 9.97 Å². The van der Waals surface area contributed by atoms with Crippen molar-refractivity contribution in [1.82, 2.24) is 9.97 Å². The first kappa shape index (κ1) is 21.5. The van der Waals surface area contributed by atoms with Crippen molar-refractivity contribution in [2.24, 2.45) is 5.92 Å². The monoisotopic (exact) mass is 429 g/mol. The predicted octanol–water partition coefficient (Wildman–Crippen LogP) is 4.16. The zero-order chi connectivity index (χ0) is 22.8. The highest BCUT2D eigenvalue weighted by Crippen LogP contribution is 2.27. The van der Waals surface area contributed by atoms with E-state index in [4.69, 9.17) is 0 Å². The largest absolute Gasteiger partial charge is 0.326 e. The third kappa shape index (κ3) is 4.61. The van der Waals surface area contributed by atoms with Gasteiger partial charge in [-0.3, -0.25) is 9.59 Å². The Morgan fingerprint density at radius 2 is 1.72 bits per heavy atom. The highest BCUT2D eigenvalue weighted by Gasteiger charge is 2.35. The standard InChI is InChI=1S/C25H27N5O2/c1-16-6-5-7-22(12-16)30-15-19(14-23(30)31)24(32)28-20-8-10-21(11-9-20)29(4)25-26-17(2)13-18(3)27-25/h5-13,19H,14-15H2,1-4H3,(H,28,32). The Balaban J connectivity index is 1.41. The van der Waals surface area contributed by atoms with E-state index in [2.05, 4.69) is 15.3 Å². The molecule has 1 atom stereocenters. The highest BCUT2D eigenvalue weighted by atomic mass is 16.2. The van der Waals surface area contributed by atoms with Gasteiger partial charge in [-0.2, -0.15) is 0 Å². The molecule has 4 rings (SSSR count). The molecule has 0 spiro atoms. The summed E-state index contributed by atoms with van der Waals surface area (Å²) in [5, 5.41) is 2.94. The lowest BCUT2D eigenvalue weighted by Gasteiger charge is -2.19. The Kier molecular flexibility index (Phi) is 5.90. The van der Waals surface area contributed by atoms with E-state index in [1.165, 1.54) is 0 Å². The summed E-state index contributed by atoms with van der Waals surface area (Å²) in [5.74, 6) is 0.0717. The first-order chi connectivity index (χ1) is 15.3. The van der Waals surface area contributed by atoms with Gasteiger partial charge in [0.1, 0.15) is 0 Å². The molecular formula is C25H27N5O2. The predicted molar refractivity (Wildman–Crippen MR) is 126 cm³/mol. The summed E-state index contributed by atoms with van der Waals surface area (Å²) in [4.78, 5) is 37.9. The van der Waals surface area contributed by atoms with Crippen LogP contribution < -0.4 is 15.1 Å². The van der Waals surface area contributed by atoms with Gasteiger partial charge in [0.25, 0.3) is 0 Å². The Bertz CT molecular complexity index is 1140. The molecule has 2 heterocycles. The molecule has 0 radical (unpaired) electrons. The van der Waals surface area contributed by atoms with Crippen molar-refractivity contribution in [1.29, 1.82) is 0 Å². The van der Waals surface area contributed by atoms with Crippen molar-refractivity contribution in [3.63, 3.8) is 0 Å². The molecule has 0 saturated carbocycles. The minimum Gasteiger partial charge on any atom is -0.326 e. The van der Waals surface area contributed by atoms with Crippen LogP contribution in [0.2, 0.25) is 0 Å². The molecule has 1 N–H and O–H groups in total. The number of amides is 2. The van der Waals surface area contributed by atoms with Gasteiger partial charge in [0, 0.05) is 48.5 Å². The Morgan fingerprint density at radius 3 is 2.38 bits per heavy atom. The fourth-order valence-electron chi connectivity index (χ4n) is 3.91. The lowest BCUT2D eigenvalue weighted by atomic mass is 10.1. The number of carbonyl (C=O) groups excluding carboxylic acids is 2. The van der Waals surface area contributed by atoms with Crippen molar-refractivity contribution in [2.75, 3.05) is 28.7 Å². The highest BCUT2D eigenvalue weighted by molar-refractivity contribution is 6.03. The SMILES string of the molecule is Cc1cccc(N2CC(C(=O)Nc3ccc(N(C)c4nc(C)cc(C)n4)cc3)CC2=O)c1. The number of aryl methyl sites for hydroxylation is 3. The first-order valence-electron chi connectivity index (χ1n) is 10.6. The minimum atomic E-state index is -0.381. The number of hydrogen-bond acceptors (Lipinski definition) is 5. The van der Waals surface area contributed by atoms with Gasteiger partial charge in [0.2, 0.25) is 17.8 Å². The van der Waals surface area contributed by atoms with Crippen LogP contribution in [0.15, 0.2) is 54.6 Å². The number of aromatic nitrogens is 2. The van der Waals surface area contributed by atoms with Gasteiger partial charge >= 0.3 is 0 Å². The van der Waals surface area contributed by atoms with Crippen LogP contribution in [0.25, 0.3) is 0 Å². The fourth-order valence-corrected chi connectivity index (χ4v) is 3.91. The van der Waals surface area contributed by atoms with Crippen molar-refractivity contribution < 1.29 is 9.59 Å². The average molecular weight is 430 g/mol. The molecule has 1 aliphatic heterocycles. The molecule has 2 aromatic carbocycles. The summed E-state index contributed by atoms with van der Waals surface area (Å²) < 4.78 is 0. The molecule has 1 aromatic heterocycles. The number of benzene rings is 2. The van der Waals surface area contributed by atoms with Crippen molar-refractivity contribution in [2.45, 2.75) is 27.2 Å². The lowest BCUT2D eigenvalue weighted by Crippen LogP contribution is -2.28. The van der Waals surface area contributed by atoms with Crippen LogP contribution in [0.5, 0.6) is 0 Å². The van der Waals surface area contributed by atoms with Gasteiger partial charge in [-0.15, -0.1) is 0 Å². The molecule has 164 valence electrons. The normalized spacial score (nSPS) is 15.7. The molecular weight excluding hydrogens is 402 g/mol. The summed E-state index contributed by atoms with van der Waals surface area (Å²) in [5.41, 5.74) is 5.35. The molecule has 0 aliphatic carbocycles. The number of rotatable bonds is 5. The second kappa shape index (κ2) is 8.78. The van der Waals surface area contributed by atoms with E-state index in [1.807, 2.05) is 87.3 Å². The van der Waals surface area contributed by atoms with Crippen LogP contribution in [0.1, 0.15) is 23.4 Å². The minimum absolute atomic E-state index is 0.0267. The quantitative estimate of drug-likeness (QED) is 0.659. The summed E-state index contributed by atoms with van der Waals surface area (Å²) in [7, 11) is 1.91. The number of anilines is 4. The van der Waals surface area contributed by atoms with E-state index in [9.17, 15) is 9.59 Å². The van der Waals surface area contributed by atoms with E-state index < -0.39 is 0 Å². The van der Waals surface area contributed by atoms with Crippen LogP contribution in [0, 0.1) is 26.7 Å². The number of hydrogen-bond donors (Lipinski definition) is 1. The lowest BCUT2D eigenvalue weighted by molar-refractivity contribution is -0.122. The fraction of sp³-hybridized carbons (Fsp3) is 0.280. The van der Waals surface area contributed by atoms with Crippen molar-refractivity contribution in [3.8, 4) is 0 Å². The maximum Gasteiger partial charge on any atom is 0.230 e. The molecule has 1 aliphatic rings. The molecule has 1 saturated heterocycles. The number of nitrogens with one attached hydrogen (secondary N) is 1. The van der Waals surface area contributed by atoms with E-state index in [-0.39, 0.29) is 24.2 Å². The average Bonchev–Trinajstić information content (AvgIpc) is 3.15. The molecule has 1 unspecified atom stereocenters. The zero-order valence-corrected chi connectivity index (χ0v) is 18.8. The third-order valence-electron chi connectivity index (χ3n) is 5.60. The van der Waals surface area contributed by atoms with E-state index in [1.54, 1.807) is 4.90 Å². The maximum atomic E-state index is 12.8. The third-order valence-corrected chi connectivity index (χ3v) is 5.60. The van der Waals surface area contributed by atoms with Crippen molar-refractivity contribution >= 4 is 34.8 Å². The number of carbonyl (C=O) groups is 2. The summed E-state index contributed by atoms with van der Waals surface area (Å²) in [6.45, 7) is 6.26. The second-order valence-corrected chi connectivity index (χ2v) is 8.29. The van der Waals surface area contributed by atoms with Crippen molar-refractivity contribution in [3.05, 3.63) is 71.5 Å². The topological polar surface area (TPSA) is 78.4 Å². The summed E-state index contributed by atoms with van der Waals surface area (Å²) in [6.07, 6.45) is 0.213. The van der Waals surface area contributed by atoms with Crippen LogP contribution in [-0.4, -0.2) is 35.4 Å². The van der Waals surface area contributed by atoms with E-state index >= 15 is 0 Å². The molecule has 7 heteroatoms. The Labute approximate surface area is 188 Å². The molecule has 3 aromatic rings. The zero-order valence-electron chi connectivity index (χ0n) is 18.8. The Morgan fingerprint density at radius 1 is 1.03 bits per heavy atom. The summed E-state index contributed by atoms with van der Waals surface area (Å²) >= 11 is 0. The smallest absolute Gasteiger partial charge is 0.230 e. The van der Waals surface area contributed by atoms with E-state index in [0.717, 1.165) is 28.3 Å². The van der Waals surface area contributed by atoms with Gasteiger partial charge < -0.3 is 15.1 Å². The number of nitrogens with zero attached hydrogens (tertiary/aromatic N) is 4. The molecule has 7 nitrogen and oxygen atoms in total. The second-order valence-electron chi connectivity index (χ2n) is 8.29. The molecule has 2 amide bonds. The van der Waals surface area contributed by atoms with E-state index in [0.29, 0.717) is 18.2 Å². The summed E-state index contributed by atoms with van der Waals surface area (Å²) in [6, 6.07) is 17.2. The van der Waals surface area contributed by atoms with Gasteiger partial charge in [-0.1, -0.05) is 12.1 Å².